The molecule has 0 saturated carbocycles. The molecule has 6 nitrogen and oxygen atoms in total. The number of ether oxygens (including phenoxy) is 1. The van der Waals surface area contributed by atoms with Crippen LogP contribution in [0.3, 0.4) is 0 Å². The Balaban J connectivity index is 0.00000280. The highest BCUT2D eigenvalue weighted by Crippen LogP contribution is 2.21. The third kappa shape index (κ3) is 7.71. The summed E-state index contributed by atoms with van der Waals surface area (Å²) in [4.78, 5) is 10.5. The minimum atomic E-state index is 0. The van der Waals surface area contributed by atoms with Gasteiger partial charge in [0.25, 0.3) is 0 Å². The lowest BCUT2D eigenvalue weighted by atomic mass is 10.1. The molecule has 0 amide bonds. The van der Waals surface area contributed by atoms with E-state index < -0.39 is 0 Å². The highest BCUT2D eigenvalue weighted by atomic mass is 127. The molecule has 0 spiro atoms. The van der Waals surface area contributed by atoms with Crippen molar-refractivity contribution in [2.75, 3.05) is 26.2 Å². The number of nitrogens with zero attached hydrogens (tertiary/aromatic N) is 2. The van der Waals surface area contributed by atoms with E-state index in [2.05, 4.69) is 29.5 Å². The number of aromatic nitrogens is 1. The van der Waals surface area contributed by atoms with Crippen molar-refractivity contribution in [3.05, 3.63) is 40.2 Å². The van der Waals surface area contributed by atoms with Gasteiger partial charge in [0.1, 0.15) is 5.76 Å². The van der Waals surface area contributed by atoms with Gasteiger partial charge in [-0.1, -0.05) is 6.92 Å². The lowest BCUT2D eigenvalue weighted by Gasteiger charge is -2.24. The lowest BCUT2D eigenvalue weighted by molar-refractivity contribution is 0.0194. The monoisotopic (exact) mass is 518 g/mol. The van der Waals surface area contributed by atoms with Crippen LogP contribution in [-0.2, 0) is 11.2 Å². The standard InChI is InChI=1S/C20H30N4O2S.HI/c1-15(19-22-13-16(2)27-19)12-23-20(21-9-8-17-7-5-11-25-17)24-14-18-6-3-4-10-26-18;/h5,7,11,13,15,18H,3-4,6,8-10,12,14H2,1-2H3,(H2,21,23,24);1H. The van der Waals surface area contributed by atoms with Gasteiger partial charge in [-0.05, 0) is 38.3 Å². The van der Waals surface area contributed by atoms with E-state index in [1.165, 1.54) is 17.7 Å². The smallest absolute Gasteiger partial charge is 0.191 e. The maximum atomic E-state index is 5.82. The number of thiazole rings is 1. The van der Waals surface area contributed by atoms with E-state index in [0.29, 0.717) is 12.5 Å². The van der Waals surface area contributed by atoms with Crippen molar-refractivity contribution in [3.8, 4) is 0 Å². The van der Waals surface area contributed by atoms with Gasteiger partial charge in [-0.25, -0.2) is 4.98 Å². The molecule has 0 radical (unpaired) electrons. The van der Waals surface area contributed by atoms with E-state index in [1.54, 1.807) is 17.6 Å². The molecule has 0 aliphatic carbocycles. The van der Waals surface area contributed by atoms with Crippen molar-refractivity contribution in [3.63, 3.8) is 0 Å². The minimum absolute atomic E-state index is 0. The molecule has 0 aromatic carbocycles. The summed E-state index contributed by atoms with van der Waals surface area (Å²) in [6, 6.07) is 3.91. The molecule has 3 heterocycles. The predicted octanol–water partition coefficient (Wildman–Crippen LogP) is 4.11. The van der Waals surface area contributed by atoms with Crippen molar-refractivity contribution >= 4 is 41.3 Å². The van der Waals surface area contributed by atoms with Crippen molar-refractivity contribution in [2.24, 2.45) is 4.99 Å². The fourth-order valence-electron chi connectivity index (χ4n) is 3.02. The van der Waals surface area contributed by atoms with Crippen LogP contribution in [0.1, 0.15) is 47.7 Å². The maximum Gasteiger partial charge on any atom is 0.191 e. The molecule has 28 heavy (non-hydrogen) atoms. The first-order chi connectivity index (χ1) is 13.2. The number of nitrogens with one attached hydrogen (secondary N) is 2. The molecule has 2 N–H and O–H groups in total. The van der Waals surface area contributed by atoms with Gasteiger partial charge >= 0.3 is 0 Å². The van der Waals surface area contributed by atoms with Gasteiger partial charge in [0.05, 0.1) is 23.9 Å². The SMILES string of the molecule is Cc1cnc(C(C)CN=C(NCCc2ccco2)NCC2CCCCO2)s1.I. The molecular formula is C20H31IN4O2S. The number of aliphatic imine (C=N–C) groups is 1. The number of hydrogen-bond acceptors (Lipinski definition) is 5. The molecule has 2 unspecified atom stereocenters. The second-order valence-corrected chi connectivity index (χ2v) is 8.29. The Kier molecular flexibility index (Phi) is 10.3. The molecule has 2 atom stereocenters. The van der Waals surface area contributed by atoms with Gasteiger partial charge < -0.3 is 19.8 Å². The van der Waals surface area contributed by atoms with Crippen molar-refractivity contribution < 1.29 is 9.15 Å². The summed E-state index contributed by atoms with van der Waals surface area (Å²) in [6.45, 7) is 7.39. The van der Waals surface area contributed by atoms with Crippen LogP contribution >= 0.6 is 35.3 Å². The number of halogens is 1. The summed E-state index contributed by atoms with van der Waals surface area (Å²) < 4.78 is 11.2. The zero-order valence-corrected chi connectivity index (χ0v) is 19.8. The summed E-state index contributed by atoms with van der Waals surface area (Å²) in [5.74, 6) is 2.11. The number of guanidine groups is 1. The zero-order valence-electron chi connectivity index (χ0n) is 16.6. The fraction of sp³-hybridized carbons (Fsp3) is 0.600. The number of rotatable bonds is 8. The molecule has 0 bridgehead atoms. The van der Waals surface area contributed by atoms with Crippen LogP contribution in [0.2, 0.25) is 0 Å². The molecule has 1 aliphatic heterocycles. The van der Waals surface area contributed by atoms with Crippen molar-refractivity contribution in [2.45, 2.75) is 51.6 Å². The third-order valence-electron chi connectivity index (χ3n) is 4.60. The van der Waals surface area contributed by atoms with Crippen LogP contribution in [0, 0.1) is 6.92 Å². The molecule has 2 aromatic rings. The Morgan fingerprint density at radius 3 is 2.96 bits per heavy atom. The molecule has 1 fully saturated rings. The Morgan fingerprint density at radius 1 is 1.39 bits per heavy atom. The second-order valence-electron chi connectivity index (χ2n) is 7.03. The minimum Gasteiger partial charge on any atom is -0.469 e. The summed E-state index contributed by atoms with van der Waals surface area (Å²) in [6.07, 6.45) is 8.27. The molecular weight excluding hydrogens is 487 g/mol. The average molecular weight is 518 g/mol. The van der Waals surface area contributed by atoms with E-state index in [1.807, 2.05) is 18.3 Å². The van der Waals surface area contributed by atoms with Gasteiger partial charge in [-0.15, -0.1) is 35.3 Å². The second kappa shape index (κ2) is 12.4. The quantitative estimate of drug-likeness (QED) is 0.313. The first-order valence-electron chi connectivity index (χ1n) is 9.79. The largest absolute Gasteiger partial charge is 0.469 e. The number of aryl methyl sites for hydroxylation is 1. The van der Waals surface area contributed by atoms with Gasteiger partial charge in [0.15, 0.2) is 5.96 Å². The molecule has 8 heteroatoms. The highest BCUT2D eigenvalue weighted by Gasteiger charge is 2.15. The van der Waals surface area contributed by atoms with E-state index in [-0.39, 0.29) is 30.1 Å². The summed E-state index contributed by atoms with van der Waals surface area (Å²) in [5.41, 5.74) is 0. The Labute approximate surface area is 188 Å². The molecule has 3 rings (SSSR count). The van der Waals surface area contributed by atoms with Crippen LogP contribution in [0.15, 0.2) is 34.0 Å². The number of hydrogen-bond donors (Lipinski definition) is 2. The van der Waals surface area contributed by atoms with Crippen molar-refractivity contribution in [1.82, 2.24) is 15.6 Å². The summed E-state index contributed by atoms with van der Waals surface area (Å²) >= 11 is 1.75. The van der Waals surface area contributed by atoms with E-state index in [0.717, 1.165) is 49.3 Å². The Bertz CT molecular complexity index is 699. The number of furan rings is 1. The van der Waals surface area contributed by atoms with Crippen LogP contribution < -0.4 is 10.6 Å². The predicted molar refractivity (Wildman–Crippen MR) is 125 cm³/mol. The Hall–Kier alpha value is -1.13. The van der Waals surface area contributed by atoms with Gasteiger partial charge in [-0.2, -0.15) is 0 Å². The summed E-state index contributed by atoms with van der Waals surface area (Å²) in [7, 11) is 0. The van der Waals surface area contributed by atoms with Crippen molar-refractivity contribution in [1.29, 1.82) is 0 Å². The van der Waals surface area contributed by atoms with E-state index in [4.69, 9.17) is 14.1 Å². The lowest BCUT2D eigenvalue weighted by Crippen LogP contribution is -2.43. The van der Waals surface area contributed by atoms with Crippen LogP contribution in [0.25, 0.3) is 0 Å². The molecule has 2 aromatic heterocycles. The first-order valence-corrected chi connectivity index (χ1v) is 10.6. The van der Waals surface area contributed by atoms with E-state index in [9.17, 15) is 0 Å². The average Bonchev–Trinajstić information content (AvgIpc) is 3.36. The molecule has 1 saturated heterocycles. The molecule has 1 aliphatic rings. The maximum absolute atomic E-state index is 5.82. The Morgan fingerprint density at radius 2 is 2.29 bits per heavy atom. The summed E-state index contributed by atoms with van der Waals surface area (Å²) in [5, 5.41) is 8.00. The van der Waals surface area contributed by atoms with Crippen LogP contribution in [0.4, 0.5) is 0 Å². The normalized spacial score (nSPS) is 18.4. The van der Waals surface area contributed by atoms with Gasteiger partial charge in [-0.3, -0.25) is 4.99 Å². The van der Waals surface area contributed by atoms with Crippen LogP contribution in [0.5, 0.6) is 0 Å². The fourth-order valence-corrected chi connectivity index (χ4v) is 3.83. The van der Waals surface area contributed by atoms with Gasteiger partial charge in [0.2, 0.25) is 0 Å². The van der Waals surface area contributed by atoms with Crippen LogP contribution in [-0.4, -0.2) is 43.3 Å². The van der Waals surface area contributed by atoms with Gasteiger partial charge in [0, 0.05) is 43.1 Å². The first kappa shape index (κ1) is 23.2. The third-order valence-corrected chi connectivity index (χ3v) is 5.74. The van der Waals surface area contributed by atoms with E-state index >= 15 is 0 Å². The highest BCUT2D eigenvalue weighted by molar-refractivity contribution is 14.0. The topological polar surface area (TPSA) is 71.7 Å². The molecule has 156 valence electrons. The zero-order chi connectivity index (χ0) is 18.9.